The molecule has 0 aliphatic carbocycles. The number of rotatable bonds is 7. The first-order valence-electron chi connectivity index (χ1n) is 6.30. The minimum Gasteiger partial charge on any atom is -0.466 e. The highest BCUT2D eigenvalue weighted by molar-refractivity contribution is 6.17. The number of carbonyl (C=O) groups excluding carboxylic acids is 1. The van der Waals surface area contributed by atoms with Gasteiger partial charge in [0.2, 0.25) is 0 Å². The monoisotopic (exact) mass is 263 g/mol. The smallest absolute Gasteiger partial charge is 0.309 e. The molecule has 0 aromatic rings. The SMILES string of the molecule is CCOC(=O)C1CCN(CCOCCCl)CC1. The molecule has 0 unspecified atom stereocenters. The van der Waals surface area contributed by atoms with Gasteiger partial charge >= 0.3 is 5.97 Å². The van der Waals surface area contributed by atoms with Crippen LogP contribution in [0.1, 0.15) is 19.8 Å². The van der Waals surface area contributed by atoms with Gasteiger partial charge in [-0.2, -0.15) is 0 Å². The molecule has 100 valence electrons. The van der Waals surface area contributed by atoms with Crippen molar-refractivity contribution in [1.29, 1.82) is 0 Å². The summed E-state index contributed by atoms with van der Waals surface area (Å²) in [5.41, 5.74) is 0. The third-order valence-electron chi connectivity index (χ3n) is 2.98. The van der Waals surface area contributed by atoms with Crippen molar-refractivity contribution in [3.05, 3.63) is 0 Å². The van der Waals surface area contributed by atoms with E-state index in [1.54, 1.807) is 0 Å². The summed E-state index contributed by atoms with van der Waals surface area (Å²) in [5, 5.41) is 0. The summed E-state index contributed by atoms with van der Waals surface area (Å²) in [5.74, 6) is 0.603. The Bertz CT molecular complexity index is 218. The molecule has 1 saturated heterocycles. The van der Waals surface area contributed by atoms with Gasteiger partial charge in [-0.3, -0.25) is 4.79 Å². The molecule has 0 atom stereocenters. The number of hydrogen-bond donors (Lipinski definition) is 0. The van der Waals surface area contributed by atoms with Gasteiger partial charge in [-0.15, -0.1) is 11.6 Å². The lowest BCUT2D eigenvalue weighted by atomic mass is 9.97. The molecular weight excluding hydrogens is 242 g/mol. The summed E-state index contributed by atoms with van der Waals surface area (Å²) in [6.07, 6.45) is 1.79. The van der Waals surface area contributed by atoms with Crippen molar-refractivity contribution >= 4 is 17.6 Å². The second-order valence-electron chi connectivity index (χ2n) is 4.17. The van der Waals surface area contributed by atoms with Crippen LogP contribution in [0.4, 0.5) is 0 Å². The molecule has 0 aromatic carbocycles. The zero-order valence-electron chi connectivity index (χ0n) is 10.5. The Morgan fingerprint density at radius 3 is 2.65 bits per heavy atom. The standard InChI is InChI=1S/C12H22ClNO3/c1-2-17-12(15)11-3-6-14(7-4-11)8-10-16-9-5-13/h11H,2-10H2,1H3. The minimum absolute atomic E-state index is 0.0365. The summed E-state index contributed by atoms with van der Waals surface area (Å²) in [7, 11) is 0. The van der Waals surface area contributed by atoms with E-state index in [1.165, 1.54) is 0 Å². The highest BCUT2D eigenvalue weighted by atomic mass is 35.5. The van der Waals surface area contributed by atoms with E-state index in [1.807, 2.05) is 6.92 Å². The molecule has 5 heteroatoms. The molecule has 17 heavy (non-hydrogen) atoms. The number of hydrogen-bond acceptors (Lipinski definition) is 4. The third kappa shape index (κ3) is 5.70. The molecule has 0 spiro atoms. The molecule has 1 aliphatic rings. The lowest BCUT2D eigenvalue weighted by Gasteiger charge is -2.30. The van der Waals surface area contributed by atoms with Crippen LogP contribution in [-0.4, -0.2) is 56.2 Å². The van der Waals surface area contributed by atoms with Crippen molar-refractivity contribution in [2.24, 2.45) is 5.92 Å². The van der Waals surface area contributed by atoms with Crippen LogP contribution in [0.15, 0.2) is 0 Å². The number of carbonyl (C=O) groups is 1. The summed E-state index contributed by atoms with van der Waals surface area (Å²) < 4.78 is 10.4. The van der Waals surface area contributed by atoms with Crippen LogP contribution in [0.3, 0.4) is 0 Å². The quantitative estimate of drug-likeness (QED) is 0.397. The van der Waals surface area contributed by atoms with Crippen molar-refractivity contribution in [3.8, 4) is 0 Å². The van der Waals surface area contributed by atoms with E-state index in [0.29, 0.717) is 19.1 Å². The van der Waals surface area contributed by atoms with Crippen LogP contribution in [0.2, 0.25) is 0 Å². The van der Waals surface area contributed by atoms with Crippen LogP contribution in [0.5, 0.6) is 0 Å². The normalized spacial score (nSPS) is 18.2. The minimum atomic E-state index is -0.0365. The average Bonchev–Trinajstić information content (AvgIpc) is 2.36. The molecule has 0 amide bonds. The zero-order chi connectivity index (χ0) is 12.5. The maximum absolute atomic E-state index is 11.5. The average molecular weight is 264 g/mol. The number of nitrogens with zero attached hydrogens (tertiary/aromatic N) is 1. The molecule has 0 aromatic heterocycles. The Morgan fingerprint density at radius 1 is 1.35 bits per heavy atom. The largest absolute Gasteiger partial charge is 0.466 e. The van der Waals surface area contributed by atoms with E-state index >= 15 is 0 Å². The van der Waals surface area contributed by atoms with Crippen molar-refractivity contribution in [2.75, 3.05) is 45.3 Å². The second kappa shape index (κ2) is 8.72. The molecule has 1 fully saturated rings. The zero-order valence-corrected chi connectivity index (χ0v) is 11.2. The van der Waals surface area contributed by atoms with E-state index in [9.17, 15) is 4.79 Å². The Morgan fingerprint density at radius 2 is 2.06 bits per heavy atom. The van der Waals surface area contributed by atoms with Crippen molar-refractivity contribution < 1.29 is 14.3 Å². The number of esters is 1. The van der Waals surface area contributed by atoms with Gasteiger partial charge in [0.15, 0.2) is 0 Å². The summed E-state index contributed by atoms with van der Waals surface area (Å²) in [6.45, 7) is 6.48. The predicted molar refractivity (Wildman–Crippen MR) is 67.3 cm³/mol. The fraction of sp³-hybridized carbons (Fsp3) is 0.917. The van der Waals surface area contributed by atoms with E-state index in [4.69, 9.17) is 21.1 Å². The number of likely N-dealkylation sites (tertiary alicyclic amines) is 1. The number of alkyl halides is 1. The van der Waals surface area contributed by atoms with Crippen LogP contribution in [0, 0.1) is 5.92 Å². The van der Waals surface area contributed by atoms with Gasteiger partial charge in [0.05, 0.1) is 25.7 Å². The summed E-state index contributed by atoms with van der Waals surface area (Å²) in [4.78, 5) is 13.8. The van der Waals surface area contributed by atoms with E-state index in [2.05, 4.69) is 4.90 Å². The van der Waals surface area contributed by atoms with Gasteiger partial charge in [0, 0.05) is 12.4 Å². The highest BCUT2D eigenvalue weighted by Crippen LogP contribution is 2.18. The first kappa shape index (κ1) is 14.7. The van der Waals surface area contributed by atoms with Crippen LogP contribution in [-0.2, 0) is 14.3 Å². The van der Waals surface area contributed by atoms with Gasteiger partial charge in [-0.25, -0.2) is 0 Å². The Kier molecular flexibility index (Phi) is 7.56. The molecule has 1 rings (SSSR count). The fourth-order valence-corrected chi connectivity index (χ4v) is 2.11. The third-order valence-corrected chi connectivity index (χ3v) is 3.14. The van der Waals surface area contributed by atoms with Crippen molar-refractivity contribution in [3.63, 3.8) is 0 Å². The van der Waals surface area contributed by atoms with Crippen LogP contribution >= 0.6 is 11.6 Å². The van der Waals surface area contributed by atoms with Gasteiger partial charge in [0.1, 0.15) is 0 Å². The molecular formula is C12H22ClNO3. The molecule has 0 radical (unpaired) electrons. The van der Waals surface area contributed by atoms with E-state index in [0.717, 1.165) is 39.1 Å². The topological polar surface area (TPSA) is 38.8 Å². The Balaban J connectivity index is 2.11. The fourth-order valence-electron chi connectivity index (χ4n) is 2.00. The lowest BCUT2D eigenvalue weighted by molar-refractivity contribution is -0.149. The highest BCUT2D eigenvalue weighted by Gasteiger charge is 2.25. The maximum atomic E-state index is 11.5. The maximum Gasteiger partial charge on any atom is 0.309 e. The van der Waals surface area contributed by atoms with Gasteiger partial charge in [0.25, 0.3) is 0 Å². The molecule has 1 aliphatic heterocycles. The van der Waals surface area contributed by atoms with Crippen molar-refractivity contribution in [2.45, 2.75) is 19.8 Å². The Labute approximate surface area is 108 Å². The summed E-state index contributed by atoms with van der Waals surface area (Å²) >= 11 is 5.52. The first-order chi connectivity index (χ1) is 8.27. The molecule has 0 bridgehead atoms. The van der Waals surface area contributed by atoms with Gasteiger partial charge in [-0.1, -0.05) is 0 Å². The van der Waals surface area contributed by atoms with Gasteiger partial charge in [-0.05, 0) is 32.9 Å². The van der Waals surface area contributed by atoms with Crippen molar-refractivity contribution in [1.82, 2.24) is 4.90 Å². The van der Waals surface area contributed by atoms with Crippen LogP contribution < -0.4 is 0 Å². The lowest BCUT2D eigenvalue weighted by Crippen LogP contribution is -2.38. The van der Waals surface area contributed by atoms with Crippen LogP contribution in [0.25, 0.3) is 0 Å². The van der Waals surface area contributed by atoms with E-state index < -0.39 is 0 Å². The number of piperidine rings is 1. The van der Waals surface area contributed by atoms with Gasteiger partial charge < -0.3 is 14.4 Å². The number of ether oxygens (including phenoxy) is 2. The molecule has 1 heterocycles. The second-order valence-corrected chi connectivity index (χ2v) is 4.55. The Hall–Kier alpha value is -0.320. The summed E-state index contributed by atoms with van der Waals surface area (Å²) in [6, 6.07) is 0. The van der Waals surface area contributed by atoms with E-state index in [-0.39, 0.29) is 11.9 Å². The molecule has 0 saturated carbocycles. The number of halogens is 1. The molecule has 4 nitrogen and oxygen atoms in total. The first-order valence-corrected chi connectivity index (χ1v) is 6.84. The molecule has 0 N–H and O–H groups in total. The predicted octanol–water partition coefficient (Wildman–Crippen LogP) is 1.52.